The third kappa shape index (κ3) is 4.03. The lowest BCUT2D eigenvalue weighted by Gasteiger charge is -2.38. The number of methoxy groups -OCH3 is 1. The lowest BCUT2D eigenvalue weighted by Crippen LogP contribution is -2.49. The SMILES string of the molecule is COc1ccnc(OC2CCC(C)N(C(=O)c3ccccc3-n3ncnn3)C2)c1. The Morgan fingerprint density at radius 3 is 2.86 bits per heavy atom. The second-order valence-corrected chi connectivity index (χ2v) is 6.90. The van der Waals surface area contributed by atoms with Crippen LogP contribution in [0.15, 0.2) is 48.9 Å². The molecule has 0 aliphatic carbocycles. The number of hydrogen-bond donors (Lipinski definition) is 0. The summed E-state index contributed by atoms with van der Waals surface area (Å²) in [5.41, 5.74) is 1.12. The molecule has 1 saturated heterocycles. The van der Waals surface area contributed by atoms with Gasteiger partial charge < -0.3 is 14.4 Å². The van der Waals surface area contributed by atoms with Gasteiger partial charge in [0.05, 0.1) is 19.2 Å². The van der Waals surface area contributed by atoms with Crippen molar-refractivity contribution in [3.8, 4) is 17.3 Å². The number of amides is 1. The minimum absolute atomic E-state index is 0.0858. The summed E-state index contributed by atoms with van der Waals surface area (Å²) < 4.78 is 11.3. The molecule has 0 radical (unpaired) electrons. The second-order valence-electron chi connectivity index (χ2n) is 6.90. The van der Waals surface area contributed by atoms with Crippen molar-refractivity contribution in [2.45, 2.75) is 31.9 Å². The molecule has 1 amide bonds. The van der Waals surface area contributed by atoms with E-state index in [2.05, 4.69) is 20.4 Å². The average molecular weight is 394 g/mol. The summed E-state index contributed by atoms with van der Waals surface area (Å²) in [6.45, 7) is 2.52. The molecule has 0 bridgehead atoms. The van der Waals surface area contributed by atoms with Gasteiger partial charge in [-0.25, -0.2) is 4.98 Å². The number of tetrazole rings is 1. The fourth-order valence-corrected chi connectivity index (χ4v) is 3.47. The van der Waals surface area contributed by atoms with Crippen LogP contribution in [0, 0.1) is 0 Å². The Morgan fingerprint density at radius 2 is 2.07 bits per heavy atom. The van der Waals surface area contributed by atoms with Crippen molar-refractivity contribution in [1.29, 1.82) is 0 Å². The zero-order chi connectivity index (χ0) is 20.2. The Morgan fingerprint density at radius 1 is 1.21 bits per heavy atom. The van der Waals surface area contributed by atoms with E-state index < -0.39 is 0 Å². The Balaban J connectivity index is 1.54. The quantitative estimate of drug-likeness (QED) is 0.654. The number of piperidine rings is 1. The maximum atomic E-state index is 13.4. The second kappa shape index (κ2) is 8.26. The Kier molecular flexibility index (Phi) is 5.37. The first kappa shape index (κ1) is 18.9. The third-order valence-electron chi connectivity index (χ3n) is 5.03. The van der Waals surface area contributed by atoms with E-state index in [4.69, 9.17) is 9.47 Å². The number of nitrogens with zero attached hydrogens (tertiary/aromatic N) is 6. The highest BCUT2D eigenvalue weighted by atomic mass is 16.5. The lowest BCUT2D eigenvalue weighted by atomic mass is 9.99. The lowest BCUT2D eigenvalue weighted by molar-refractivity contribution is 0.0372. The van der Waals surface area contributed by atoms with Gasteiger partial charge in [-0.3, -0.25) is 4.79 Å². The summed E-state index contributed by atoms with van der Waals surface area (Å²) >= 11 is 0. The first-order valence-corrected chi connectivity index (χ1v) is 9.45. The van der Waals surface area contributed by atoms with Crippen molar-refractivity contribution in [2.75, 3.05) is 13.7 Å². The molecule has 1 aliphatic heterocycles. The van der Waals surface area contributed by atoms with Crippen molar-refractivity contribution in [2.24, 2.45) is 0 Å². The van der Waals surface area contributed by atoms with E-state index in [1.165, 1.54) is 11.1 Å². The molecule has 2 unspecified atom stereocenters. The molecular formula is C20H22N6O3. The van der Waals surface area contributed by atoms with E-state index in [1.54, 1.807) is 37.6 Å². The van der Waals surface area contributed by atoms with Gasteiger partial charge in [-0.05, 0) is 43.2 Å². The molecule has 3 aromatic rings. The van der Waals surface area contributed by atoms with Crippen LogP contribution in [0.1, 0.15) is 30.1 Å². The van der Waals surface area contributed by atoms with Crippen LogP contribution in [0.2, 0.25) is 0 Å². The number of para-hydroxylation sites is 1. The van der Waals surface area contributed by atoms with Gasteiger partial charge in [0.2, 0.25) is 5.88 Å². The molecule has 2 atom stereocenters. The number of ether oxygens (including phenoxy) is 2. The number of pyridine rings is 1. The summed E-state index contributed by atoms with van der Waals surface area (Å²) in [4.78, 5) is 20.8. The highest BCUT2D eigenvalue weighted by molar-refractivity contribution is 5.98. The average Bonchev–Trinajstić information content (AvgIpc) is 3.29. The molecule has 0 spiro atoms. The molecule has 3 heterocycles. The van der Waals surface area contributed by atoms with Crippen molar-refractivity contribution < 1.29 is 14.3 Å². The summed E-state index contributed by atoms with van der Waals surface area (Å²) in [6.07, 6.45) is 4.52. The number of hydrogen-bond acceptors (Lipinski definition) is 7. The molecule has 9 heteroatoms. The Labute approximate surface area is 168 Å². The van der Waals surface area contributed by atoms with Gasteiger partial charge in [0.15, 0.2) is 6.33 Å². The van der Waals surface area contributed by atoms with Crippen LogP contribution in [-0.4, -0.2) is 61.8 Å². The molecular weight excluding hydrogens is 372 g/mol. The number of rotatable bonds is 5. The smallest absolute Gasteiger partial charge is 0.256 e. The highest BCUT2D eigenvalue weighted by Gasteiger charge is 2.32. The topological polar surface area (TPSA) is 95.3 Å². The van der Waals surface area contributed by atoms with E-state index in [-0.39, 0.29) is 18.1 Å². The van der Waals surface area contributed by atoms with Crippen LogP contribution in [0.4, 0.5) is 0 Å². The van der Waals surface area contributed by atoms with Gasteiger partial charge in [0.25, 0.3) is 5.91 Å². The van der Waals surface area contributed by atoms with Gasteiger partial charge in [0, 0.05) is 18.3 Å². The predicted octanol–water partition coefficient (Wildman–Crippen LogP) is 2.14. The van der Waals surface area contributed by atoms with Crippen molar-refractivity contribution in [1.82, 2.24) is 30.1 Å². The maximum Gasteiger partial charge on any atom is 0.256 e. The van der Waals surface area contributed by atoms with Gasteiger partial charge in [-0.15, -0.1) is 15.0 Å². The van der Waals surface area contributed by atoms with Crippen LogP contribution in [0.3, 0.4) is 0 Å². The normalized spacial score (nSPS) is 19.0. The van der Waals surface area contributed by atoms with E-state index in [1.807, 2.05) is 24.0 Å². The molecule has 0 N–H and O–H groups in total. The minimum atomic E-state index is -0.147. The van der Waals surface area contributed by atoms with Crippen LogP contribution in [-0.2, 0) is 0 Å². The number of likely N-dealkylation sites (tertiary alicyclic amines) is 1. The molecule has 4 rings (SSSR count). The molecule has 29 heavy (non-hydrogen) atoms. The molecule has 1 aliphatic rings. The minimum Gasteiger partial charge on any atom is -0.497 e. The van der Waals surface area contributed by atoms with Gasteiger partial charge in [-0.2, -0.15) is 0 Å². The van der Waals surface area contributed by atoms with Crippen LogP contribution in [0.5, 0.6) is 11.6 Å². The Hall–Kier alpha value is -3.49. The molecule has 2 aromatic heterocycles. The number of aromatic nitrogens is 5. The standard InChI is InChI=1S/C20H22N6O3/c1-14-7-8-16(29-19-11-15(28-2)9-10-21-19)12-25(14)20(27)17-5-3-4-6-18(17)26-23-13-22-24-26/h3-6,9-11,13-14,16H,7-8,12H2,1-2H3. The maximum absolute atomic E-state index is 13.4. The first-order chi connectivity index (χ1) is 14.2. The predicted molar refractivity (Wildman–Crippen MR) is 104 cm³/mol. The van der Waals surface area contributed by atoms with Gasteiger partial charge >= 0.3 is 0 Å². The number of carbonyl (C=O) groups excluding carboxylic acids is 1. The zero-order valence-corrected chi connectivity index (χ0v) is 16.3. The molecule has 150 valence electrons. The third-order valence-corrected chi connectivity index (χ3v) is 5.03. The summed E-state index contributed by atoms with van der Waals surface area (Å²) in [5, 5.41) is 11.7. The van der Waals surface area contributed by atoms with Crippen LogP contribution in [0.25, 0.3) is 5.69 Å². The zero-order valence-electron chi connectivity index (χ0n) is 16.3. The van der Waals surface area contributed by atoms with Crippen LogP contribution >= 0.6 is 0 Å². The van der Waals surface area contributed by atoms with E-state index in [0.717, 1.165) is 12.8 Å². The van der Waals surface area contributed by atoms with E-state index >= 15 is 0 Å². The monoisotopic (exact) mass is 394 g/mol. The molecule has 0 saturated carbocycles. The van der Waals surface area contributed by atoms with Gasteiger partial charge in [-0.1, -0.05) is 12.1 Å². The first-order valence-electron chi connectivity index (χ1n) is 9.45. The fourth-order valence-electron chi connectivity index (χ4n) is 3.47. The summed E-state index contributed by atoms with van der Waals surface area (Å²) in [7, 11) is 1.60. The van der Waals surface area contributed by atoms with Gasteiger partial charge in [0.1, 0.15) is 17.5 Å². The summed E-state index contributed by atoms with van der Waals surface area (Å²) in [6, 6.07) is 10.9. The fraction of sp³-hybridized carbons (Fsp3) is 0.350. The Bertz CT molecular complexity index is 978. The number of benzene rings is 1. The van der Waals surface area contributed by atoms with E-state index in [0.29, 0.717) is 29.4 Å². The largest absolute Gasteiger partial charge is 0.497 e. The summed E-state index contributed by atoms with van der Waals surface area (Å²) in [5.74, 6) is 1.09. The molecule has 9 nitrogen and oxygen atoms in total. The van der Waals surface area contributed by atoms with Crippen molar-refractivity contribution >= 4 is 5.91 Å². The van der Waals surface area contributed by atoms with E-state index in [9.17, 15) is 4.79 Å². The van der Waals surface area contributed by atoms with Crippen molar-refractivity contribution in [3.05, 3.63) is 54.5 Å². The van der Waals surface area contributed by atoms with Crippen molar-refractivity contribution in [3.63, 3.8) is 0 Å². The molecule has 1 fully saturated rings. The van der Waals surface area contributed by atoms with Crippen LogP contribution < -0.4 is 9.47 Å². The number of carbonyl (C=O) groups is 1. The highest BCUT2D eigenvalue weighted by Crippen LogP contribution is 2.25. The molecule has 1 aromatic carbocycles.